The molecular formula is C10H14F6N2O. The van der Waals surface area contributed by atoms with E-state index in [1.807, 2.05) is 0 Å². The maximum absolute atomic E-state index is 12.2. The summed E-state index contributed by atoms with van der Waals surface area (Å²) in [5.41, 5.74) is 0. The maximum atomic E-state index is 12.2. The molecule has 1 atom stereocenters. The topological polar surface area (TPSA) is 41.1 Å². The van der Waals surface area contributed by atoms with Gasteiger partial charge in [-0.3, -0.25) is 4.79 Å². The molecule has 1 amide bonds. The van der Waals surface area contributed by atoms with Crippen molar-refractivity contribution in [3.8, 4) is 0 Å². The number of halogens is 6. The fourth-order valence-corrected chi connectivity index (χ4v) is 1.96. The molecule has 0 aromatic carbocycles. The first kappa shape index (κ1) is 16.1. The van der Waals surface area contributed by atoms with Gasteiger partial charge in [0.15, 0.2) is 0 Å². The minimum atomic E-state index is -5.63. The lowest BCUT2D eigenvalue weighted by atomic mass is 10.1. The molecule has 0 radical (unpaired) electrons. The van der Waals surface area contributed by atoms with E-state index in [0.29, 0.717) is 6.42 Å². The maximum Gasteiger partial charge on any atom is 0.409 e. The second-order valence-corrected chi connectivity index (χ2v) is 4.39. The highest BCUT2D eigenvalue weighted by molar-refractivity contribution is 5.80. The Morgan fingerprint density at radius 3 is 2.21 bits per heavy atom. The van der Waals surface area contributed by atoms with Gasteiger partial charge in [0.05, 0.1) is 0 Å². The van der Waals surface area contributed by atoms with Crippen LogP contribution >= 0.6 is 0 Å². The van der Waals surface area contributed by atoms with Crippen molar-refractivity contribution in [3.05, 3.63) is 0 Å². The van der Waals surface area contributed by atoms with Crippen LogP contribution in [0.5, 0.6) is 0 Å². The zero-order valence-corrected chi connectivity index (χ0v) is 9.87. The van der Waals surface area contributed by atoms with Crippen molar-refractivity contribution in [1.82, 2.24) is 10.6 Å². The largest absolute Gasteiger partial charge is 0.409 e. The normalized spacial score (nSPS) is 20.9. The zero-order chi connectivity index (χ0) is 14.7. The zero-order valence-electron chi connectivity index (χ0n) is 9.87. The minimum Gasteiger partial charge on any atom is -0.355 e. The number of nitrogens with one attached hydrogen (secondary N) is 2. The van der Waals surface area contributed by atoms with Gasteiger partial charge in [-0.2, -0.15) is 26.3 Å². The summed E-state index contributed by atoms with van der Waals surface area (Å²) in [6.07, 6.45) is -9.24. The Labute approximate surface area is 105 Å². The summed E-state index contributed by atoms with van der Waals surface area (Å²) in [5.74, 6) is -6.01. The summed E-state index contributed by atoms with van der Waals surface area (Å²) < 4.78 is 73.2. The number of hydrogen-bond acceptors (Lipinski definition) is 2. The predicted molar refractivity (Wildman–Crippen MR) is 54.3 cm³/mol. The first-order chi connectivity index (χ1) is 8.62. The Balaban J connectivity index is 2.48. The van der Waals surface area contributed by atoms with E-state index in [9.17, 15) is 31.1 Å². The molecule has 1 saturated heterocycles. The first-order valence-electron chi connectivity index (χ1n) is 5.77. The van der Waals surface area contributed by atoms with Gasteiger partial charge in [0.25, 0.3) is 0 Å². The van der Waals surface area contributed by atoms with Crippen molar-refractivity contribution in [2.24, 2.45) is 5.92 Å². The van der Waals surface area contributed by atoms with Gasteiger partial charge in [0, 0.05) is 12.6 Å². The Hall–Kier alpha value is -0.990. The van der Waals surface area contributed by atoms with Gasteiger partial charge >= 0.3 is 12.4 Å². The molecule has 9 heteroatoms. The SMILES string of the molecule is O=C(NCC[C@@H]1CCCN1)C(C(F)(F)F)C(F)(F)F. The van der Waals surface area contributed by atoms with E-state index in [1.165, 1.54) is 0 Å². The molecule has 1 heterocycles. The second kappa shape index (κ2) is 5.98. The molecule has 0 bridgehead atoms. The molecule has 0 aromatic rings. The Morgan fingerprint density at radius 2 is 1.79 bits per heavy atom. The molecule has 1 aliphatic rings. The number of hydrogen-bond donors (Lipinski definition) is 2. The highest BCUT2D eigenvalue weighted by Gasteiger charge is 2.60. The van der Waals surface area contributed by atoms with Crippen molar-refractivity contribution in [1.29, 1.82) is 0 Å². The van der Waals surface area contributed by atoms with Gasteiger partial charge in [-0.1, -0.05) is 0 Å². The Bertz CT molecular complexity index is 294. The monoisotopic (exact) mass is 292 g/mol. The van der Waals surface area contributed by atoms with Crippen LogP contribution in [-0.2, 0) is 4.79 Å². The third-order valence-electron chi connectivity index (χ3n) is 2.87. The van der Waals surface area contributed by atoms with Crippen molar-refractivity contribution in [2.45, 2.75) is 37.7 Å². The van der Waals surface area contributed by atoms with Crippen molar-refractivity contribution in [3.63, 3.8) is 0 Å². The molecule has 2 N–H and O–H groups in total. The quantitative estimate of drug-likeness (QED) is 0.778. The summed E-state index contributed by atoms with van der Waals surface area (Å²) in [6.45, 7) is 0.561. The average molecular weight is 292 g/mol. The van der Waals surface area contributed by atoms with Crippen LogP contribution in [0.2, 0.25) is 0 Å². The summed E-state index contributed by atoms with van der Waals surface area (Å²) in [7, 11) is 0. The van der Waals surface area contributed by atoms with Crippen LogP contribution in [0.1, 0.15) is 19.3 Å². The molecule has 1 aliphatic heterocycles. The van der Waals surface area contributed by atoms with E-state index in [4.69, 9.17) is 0 Å². The van der Waals surface area contributed by atoms with Crippen LogP contribution < -0.4 is 10.6 Å². The number of carbonyl (C=O) groups is 1. The van der Waals surface area contributed by atoms with E-state index in [0.717, 1.165) is 19.4 Å². The van der Waals surface area contributed by atoms with Gasteiger partial charge in [-0.05, 0) is 25.8 Å². The molecule has 112 valence electrons. The highest BCUT2D eigenvalue weighted by Crippen LogP contribution is 2.39. The number of amides is 1. The number of rotatable bonds is 4. The van der Waals surface area contributed by atoms with Gasteiger partial charge in [-0.25, -0.2) is 0 Å². The van der Waals surface area contributed by atoms with Crippen molar-refractivity contribution >= 4 is 5.91 Å². The van der Waals surface area contributed by atoms with Gasteiger partial charge in [0.1, 0.15) is 0 Å². The lowest BCUT2D eigenvalue weighted by molar-refractivity contribution is -0.274. The highest BCUT2D eigenvalue weighted by atomic mass is 19.4. The molecule has 0 aromatic heterocycles. The molecule has 1 rings (SSSR count). The summed E-state index contributed by atoms with van der Waals surface area (Å²) in [5, 5.41) is 4.73. The van der Waals surface area contributed by atoms with Crippen LogP contribution in [-0.4, -0.2) is 37.4 Å². The molecular weight excluding hydrogens is 278 g/mol. The van der Waals surface area contributed by atoms with Crippen LogP contribution in [0, 0.1) is 5.92 Å². The fourth-order valence-electron chi connectivity index (χ4n) is 1.96. The Kier molecular flexibility index (Phi) is 5.05. The second-order valence-electron chi connectivity index (χ2n) is 4.39. The summed E-state index contributed by atoms with van der Waals surface area (Å²) in [4.78, 5) is 11.0. The molecule has 1 fully saturated rings. The summed E-state index contributed by atoms with van der Waals surface area (Å²) >= 11 is 0. The summed E-state index contributed by atoms with van der Waals surface area (Å²) in [6, 6.07) is 0.0375. The van der Waals surface area contributed by atoms with Crippen LogP contribution in [0.3, 0.4) is 0 Å². The standard InChI is InChI=1S/C10H14F6N2O/c11-9(12,13)7(10(14,15)16)8(19)18-5-3-6-2-1-4-17-6/h6-7,17H,1-5H2,(H,18,19)/t6-/m0/s1. The van der Waals surface area contributed by atoms with E-state index in [1.54, 1.807) is 5.32 Å². The van der Waals surface area contributed by atoms with Crippen LogP contribution in [0.4, 0.5) is 26.3 Å². The third kappa shape index (κ3) is 4.88. The molecule has 0 aliphatic carbocycles. The lowest BCUT2D eigenvalue weighted by Crippen LogP contribution is -2.48. The minimum absolute atomic E-state index is 0.0375. The smallest absolute Gasteiger partial charge is 0.355 e. The van der Waals surface area contributed by atoms with Gasteiger partial charge < -0.3 is 10.6 Å². The average Bonchev–Trinajstić information content (AvgIpc) is 2.65. The first-order valence-corrected chi connectivity index (χ1v) is 5.77. The molecule has 19 heavy (non-hydrogen) atoms. The molecule has 0 saturated carbocycles. The van der Waals surface area contributed by atoms with E-state index in [2.05, 4.69) is 5.32 Å². The third-order valence-corrected chi connectivity index (χ3v) is 2.87. The molecule has 0 unspecified atom stereocenters. The Morgan fingerprint density at radius 1 is 1.21 bits per heavy atom. The molecule has 3 nitrogen and oxygen atoms in total. The number of alkyl halides is 6. The van der Waals surface area contributed by atoms with Crippen molar-refractivity contribution < 1.29 is 31.1 Å². The van der Waals surface area contributed by atoms with E-state index in [-0.39, 0.29) is 12.6 Å². The van der Waals surface area contributed by atoms with Crippen molar-refractivity contribution in [2.75, 3.05) is 13.1 Å². The van der Waals surface area contributed by atoms with Crippen LogP contribution in [0.25, 0.3) is 0 Å². The molecule has 0 spiro atoms. The predicted octanol–water partition coefficient (Wildman–Crippen LogP) is 1.99. The van der Waals surface area contributed by atoms with E-state index >= 15 is 0 Å². The van der Waals surface area contributed by atoms with Crippen LogP contribution in [0.15, 0.2) is 0 Å². The fraction of sp³-hybridized carbons (Fsp3) is 0.900. The lowest BCUT2D eigenvalue weighted by Gasteiger charge is -2.22. The number of carbonyl (C=O) groups excluding carboxylic acids is 1. The van der Waals surface area contributed by atoms with E-state index < -0.39 is 24.2 Å². The van der Waals surface area contributed by atoms with Gasteiger partial charge in [0.2, 0.25) is 11.8 Å². The van der Waals surface area contributed by atoms with Gasteiger partial charge in [-0.15, -0.1) is 0 Å².